The molecule has 0 saturated carbocycles. The Balaban J connectivity index is 1.64. The van der Waals surface area contributed by atoms with E-state index in [1.54, 1.807) is 94.8 Å². The summed E-state index contributed by atoms with van der Waals surface area (Å²) in [4.78, 5) is 191. The predicted molar refractivity (Wildman–Crippen MR) is 381 cm³/mol. The van der Waals surface area contributed by atoms with Crippen molar-refractivity contribution in [3.05, 3.63) is 71.8 Å². The molecule has 2 aromatic carbocycles. The molecule has 39 nitrogen and oxygen atoms in total. The molecular formula is C67H101N15O24S. The van der Waals surface area contributed by atoms with Gasteiger partial charge in [-0.3, -0.25) is 48.1 Å². The van der Waals surface area contributed by atoms with E-state index in [4.69, 9.17) is 44.6 Å². The number of urea groups is 2. The van der Waals surface area contributed by atoms with Crippen LogP contribution in [0.3, 0.4) is 0 Å². The van der Waals surface area contributed by atoms with Crippen LogP contribution in [0.4, 0.5) is 40.1 Å². The summed E-state index contributed by atoms with van der Waals surface area (Å²) in [7, 11) is -4.46. The number of anilines is 2. The molecule has 0 aliphatic carbocycles. The summed E-state index contributed by atoms with van der Waals surface area (Å²) < 4.78 is 65.5. The minimum atomic E-state index is -4.46. The van der Waals surface area contributed by atoms with Crippen molar-refractivity contribution in [3.63, 3.8) is 0 Å². The van der Waals surface area contributed by atoms with Crippen molar-refractivity contribution in [1.29, 1.82) is 0 Å². The minimum absolute atomic E-state index is 0.000285. The molecule has 594 valence electrons. The van der Waals surface area contributed by atoms with Gasteiger partial charge in [0.25, 0.3) is 11.8 Å². The topological polar surface area (TPSA) is 546 Å². The van der Waals surface area contributed by atoms with Crippen LogP contribution in [0.25, 0.3) is 0 Å². The number of imide groups is 1. The average Bonchev–Trinajstić information content (AvgIpc) is 1.44. The van der Waals surface area contributed by atoms with Gasteiger partial charge in [0.05, 0.1) is 32.9 Å². The van der Waals surface area contributed by atoms with Gasteiger partial charge >= 0.3 is 58.6 Å². The molecule has 0 radical (unpaired) electrons. The maximum absolute atomic E-state index is 13.9. The van der Waals surface area contributed by atoms with Crippen LogP contribution < -0.4 is 68.8 Å². The molecule has 0 fully saturated rings. The fraction of sp³-hybridized carbons (Fsp3) is 0.567. The van der Waals surface area contributed by atoms with Crippen LogP contribution in [0.5, 0.6) is 0 Å². The first-order valence-corrected chi connectivity index (χ1v) is 36.3. The highest BCUT2D eigenvalue weighted by Gasteiger charge is 2.32. The number of hydrogen-bond donors (Lipinski definition) is 13. The molecule has 107 heavy (non-hydrogen) atoms. The number of rotatable bonds is 50. The van der Waals surface area contributed by atoms with Crippen LogP contribution in [0.1, 0.15) is 123 Å². The van der Waals surface area contributed by atoms with Gasteiger partial charge in [-0.05, 0) is 92.2 Å². The molecule has 0 bridgehead atoms. The highest BCUT2D eigenvalue weighted by atomic mass is 32.2. The normalized spacial score (nSPS) is 12.8. The number of nitrogens with two attached hydrogens (primary N) is 2. The fourth-order valence-corrected chi connectivity index (χ4v) is 10.1. The van der Waals surface area contributed by atoms with Crippen molar-refractivity contribution < 1.29 is 113 Å². The molecule has 1 aliphatic heterocycles. The number of nitrogens with one attached hydrogen (secondary N) is 11. The zero-order valence-electron chi connectivity index (χ0n) is 60.9. The molecule has 15 amide bonds. The van der Waals surface area contributed by atoms with Crippen LogP contribution >= 0.6 is 0 Å². The third-order valence-electron chi connectivity index (χ3n) is 15.2. The van der Waals surface area contributed by atoms with E-state index in [-0.39, 0.29) is 135 Å². The first-order valence-electron chi connectivity index (χ1n) is 34.8. The maximum Gasteiger partial charge on any atom is 0.421 e. The van der Waals surface area contributed by atoms with E-state index in [1.165, 1.54) is 12.2 Å². The number of hydrogen-bond acceptors (Lipinski definition) is 24. The lowest BCUT2D eigenvalue weighted by Crippen LogP contribution is -2.55. The van der Waals surface area contributed by atoms with Crippen LogP contribution in [-0.2, 0) is 99.7 Å². The van der Waals surface area contributed by atoms with Crippen LogP contribution in [-0.4, -0.2) is 218 Å². The highest BCUT2D eigenvalue weighted by Crippen LogP contribution is 2.16. The molecule has 40 heteroatoms. The Kier molecular flexibility index (Phi) is 42.0. The van der Waals surface area contributed by atoms with E-state index < -0.39 is 151 Å². The summed E-state index contributed by atoms with van der Waals surface area (Å²) in [6, 6.07) is 6.01. The smallest absolute Gasteiger partial charge is 0.421 e. The molecule has 0 aromatic heterocycles. The van der Waals surface area contributed by atoms with Crippen molar-refractivity contribution in [2.45, 2.75) is 150 Å². The Morgan fingerprint density at radius 2 is 0.944 bits per heavy atom. The third kappa shape index (κ3) is 38.6. The van der Waals surface area contributed by atoms with Gasteiger partial charge in [-0.25, -0.2) is 33.5 Å². The fourth-order valence-electron chi connectivity index (χ4n) is 9.40. The van der Waals surface area contributed by atoms with Crippen molar-refractivity contribution in [2.24, 2.45) is 23.3 Å². The Morgan fingerprint density at radius 3 is 1.39 bits per heavy atom. The van der Waals surface area contributed by atoms with Crippen LogP contribution in [0.15, 0.2) is 60.7 Å². The molecule has 0 spiro atoms. The molecule has 2 unspecified atom stereocenters. The number of amides is 15. The van der Waals surface area contributed by atoms with Gasteiger partial charge in [0.2, 0.25) is 29.5 Å². The highest BCUT2D eigenvalue weighted by molar-refractivity contribution is 7.88. The van der Waals surface area contributed by atoms with E-state index in [0.29, 0.717) is 41.8 Å². The summed E-state index contributed by atoms with van der Waals surface area (Å²) in [5.74, 6) is -6.02. The summed E-state index contributed by atoms with van der Waals surface area (Å²) in [5, 5.41) is 23.1. The quantitative estimate of drug-likeness (QED) is 0.0193. The van der Waals surface area contributed by atoms with Gasteiger partial charge < -0.3 is 97.4 Å². The zero-order chi connectivity index (χ0) is 79.3. The maximum atomic E-state index is 13.9. The number of carbonyl (C=O) groups excluding carboxylic acids is 15. The molecular weight excluding hydrogens is 1430 g/mol. The summed E-state index contributed by atoms with van der Waals surface area (Å²) >= 11 is 0. The average molecular weight is 1530 g/mol. The summed E-state index contributed by atoms with van der Waals surface area (Å²) in [6.07, 6.45) is 0.356. The standard InChI is InChI=1S/C67H101N15O24S/c1-7-54(86)105-41-45-18-22-47(23-19-45)74-58(88)49(15-12-28-71-62(68)92)76-60(90)56(43(3)4)78-64(94)102-37-33-81(67(97)104-40-39-100-36-31-73-107(98,99)80-66(96)101-35-14-30-70-51(83)17-10-9-11-32-82-52(84)26-27-53(82)85)34-38-103-65(95)79-57(44(5)6)61(91)77-50(16-13-29-72-63(69)93)59(89)75-48-24-20-46(21-25-48)42-106-55(87)8-2/h18-27,43-44,49-50,56-57,73H,7-17,28-42H2,1-6H3,(H,70,83)(H,74,88)(H,75,89)(H,76,90)(H,77,91)(H,78,94)(H,79,95)(H,80,96)(H3,68,71,92)(H3,69,72,93)/t49-,50?,56-,57?/m0/s1. The molecule has 1 heterocycles. The molecule has 1 aliphatic rings. The number of unbranched alkanes of at least 4 members (excludes halogenated alkanes) is 2. The number of ether oxygens (including phenoxy) is 7. The Labute approximate surface area is 619 Å². The third-order valence-corrected chi connectivity index (χ3v) is 16.2. The molecule has 15 N–H and O–H groups in total. The monoisotopic (exact) mass is 1530 g/mol. The lowest BCUT2D eigenvalue weighted by atomic mass is 10.0. The van der Waals surface area contributed by atoms with Crippen molar-refractivity contribution in [3.8, 4) is 0 Å². The lowest BCUT2D eigenvalue weighted by Gasteiger charge is -2.26. The second kappa shape index (κ2) is 49.8. The van der Waals surface area contributed by atoms with Crippen LogP contribution in [0.2, 0.25) is 0 Å². The van der Waals surface area contributed by atoms with E-state index >= 15 is 0 Å². The van der Waals surface area contributed by atoms with E-state index in [0.717, 1.165) is 9.80 Å². The van der Waals surface area contributed by atoms with E-state index in [9.17, 15) is 80.3 Å². The Morgan fingerprint density at radius 1 is 0.486 bits per heavy atom. The van der Waals surface area contributed by atoms with Gasteiger partial charge in [-0.15, -0.1) is 0 Å². The Bertz CT molecular complexity index is 3270. The molecule has 4 atom stereocenters. The summed E-state index contributed by atoms with van der Waals surface area (Å²) in [5.41, 5.74) is 12.4. The van der Waals surface area contributed by atoms with Gasteiger partial charge in [-0.2, -0.15) is 13.1 Å². The lowest BCUT2D eigenvalue weighted by molar-refractivity contribution is -0.145. The van der Waals surface area contributed by atoms with Gasteiger partial charge in [0, 0.05) is 75.5 Å². The number of nitrogens with zero attached hydrogens (tertiary/aromatic N) is 2. The van der Waals surface area contributed by atoms with Gasteiger partial charge in [-0.1, -0.05) is 72.2 Å². The summed E-state index contributed by atoms with van der Waals surface area (Å²) in [6.45, 7) is 6.40. The second-order valence-electron chi connectivity index (χ2n) is 24.4. The Hall–Kier alpha value is -10.9. The number of benzene rings is 2. The number of alkyl carbamates (subject to hydrolysis) is 2. The van der Waals surface area contributed by atoms with E-state index in [2.05, 4.69) is 52.6 Å². The van der Waals surface area contributed by atoms with Crippen molar-refractivity contribution in [1.82, 2.24) is 56.5 Å². The molecule has 0 saturated heterocycles. The second-order valence-corrected chi connectivity index (χ2v) is 25.9. The zero-order valence-corrected chi connectivity index (χ0v) is 61.7. The predicted octanol–water partition coefficient (Wildman–Crippen LogP) is 1.55. The minimum Gasteiger partial charge on any atom is -0.461 e. The number of esters is 2. The first kappa shape index (κ1) is 90.3. The molecule has 2 aromatic rings. The van der Waals surface area contributed by atoms with Crippen molar-refractivity contribution in [2.75, 3.05) is 96.1 Å². The SMILES string of the molecule is CCC(=O)OCc1ccc(NC(=O)C(CCCNC(N)=O)NC(=O)C(NC(=O)OCCN(CCOC(=O)N[C@H](C(=O)N[C@@H](CCCNC(N)=O)C(=O)Nc2ccc(COC(=O)CC)cc2)C(C)C)C(=O)OCCOCCNS(=O)(=O)NC(=O)OCCCNC(=O)CCCCCN2C(=O)C=CC2=O)C(C)C)cc1. The van der Waals surface area contributed by atoms with Gasteiger partial charge in [0.1, 0.15) is 57.2 Å². The number of primary amides is 2. The van der Waals surface area contributed by atoms with Crippen molar-refractivity contribution >= 4 is 111 Å². The molecule has 3 rings (SSSR count). The van der Waals surface area contributed by atoms with Crippen LogP contribution in [0, 0.1) is 11.8 Å². The van der Waals surface area contributed by atoms with Gasteiger partial charge in [0.15, 0.2) is 0 Å². The first-order chi connectivity index (χ1) is 50.9. The van der Waals surface area contributed by atoms with E-state index in [1.807, 2.05) is 0 Å². The number of carbonyl (C=O) groups is 15. The largest absolute Gasteiger partial charge is 0.461 e.